The predicted molar refractivity (Wildman–Crippen MR) is 136 cm³/mol. The second-order valence-corrected chi connectivity index (χ2v) is 11.1. The molecule has 3 aromatic rings. The first kappa shape index (κ1) is 25.3. The summed E-state index contributed by atoms with van der Waals surface area (Å²) in [7, 11) is -1.85. The normalized spacial score (nSPS) is 20.9. The van der Waals surface area contributed by atoms with E-state index in [-0.39, 0.29) is 30.1 Å². The maximum atomic E-state index is 13.7. The van der Waals surface area contributed by atoms with E-state index in [0.29, 0.717) is 18.8 Å². The number of aromatic nitrogens is 1. The summed E-state index contributed by atoms with van der Waals surface area (Å²) >= 11 is 0. The number of nitrogens with zero attached hydrogens (tertiary/aromatic N) is 3. The molecule has 0 amide bonds. The monoisotopic (exact) mass is 495 g/mol. The molecular weight excluding hydrogens is 462 g/mol. The first-order valence-electron chi connectivity index (χ1n) is 11.9. The molecule has 2 aromatic carbocycles. The van der Waals surface area contributed by atoms with Crippen LogP contribution in [0.15, 0.2) is 77.8 Å². The van der Waals surface area contributed by atoms with E-state index in [1.807, 2.05) is 74.6 Å². The Labute approximate surface area is 208 Å². The fourth-order valence-corrected chi connectivity index (χ4v) is 6.22. The van der Waals surface area contributed by atoms with Gasteiger partial charge in [0.15, 0.2) is 0 Å². The van der Waals surface area contributed by atoms with E-state index in [2.05, 4.69) is 9.88 Å². The van der Waals surface area contributed by atoms with Crippen LogP contribution in [0.5, 0.6) is 5.75 Å². The standard InChI is InChI=1S/C27H33N3O4S/c1-20-16-30(21(2)19-31)35(32,33)27-13-12-23(22-9-5-4-6-10-22)15-25(27)34-26(20)18-29(3)17-24-11-7-8-14-28-24/h4-15,20-21,26,31H,16-19H2,1-3H3/t20-,21+,26-/m0/s1. The molecule has 0 saturated heterocycles. The van der Waals surface area contributed by atoms with Gasteiger partial charge >= 0.3 is 0 Å². The Balaban J connectivity index is 1.72. The topological polar surface area (TPSA) is 83.0 Å². The van der Waals surface area contributed by atoms with Crippen molar-refractivity contribution in [2.45, 2.75) is 37.4 Å². The van der Waals surface area contributed by atoms with Crippen LogP contribution in [-0.4, -0.2) is 66.6 Å². The van der Waals surface area contributed by atoms with Crippen LogP contribution < -0.4 is 4.74 Å². The predicted octanol–water partition coefficient (Wildman–Crippen LogP) is 3.65. The van der Waals surface area contributed by atoms with Gasteiger partial charge in [-0.05, 0) is 49.4 Å². The summed E-state index contributed by atoms with van der Waals surface area (Å²) in [5, 5.41) is 9.83. The Morgan fingerprint density at radius 1 is 1.11 bits per heavy atom. The zero-order valence-corrected chi connectivity index (χ0v) is 21.2. The molecule has 3 atom stereocenters. The highest BCUT2D eigenvalue weighted by Crippen LogP contribution is 2.36. The van der Waals surface area contributed by atoms with Gasteiger partial charge in [-0.1, -0.05) is 49.4 Å². The average molecular weight is 496 g/mol. The van der Waals surface area contributed by atoms with E-state index >= 15 is 0 Å². The zero-order chi connectivity index (χ0) is 25.0. The largest absolute Gasteiger partial charge is 0.487 e. The Kier molecular flexibility index (Phi) is 7.86. The maximum absolute atomic E-state index is 13.7. The van der Waals surface area contributed by atoms with Crippen molar-refractivity contribution in [1.82, 2.24) is 14.2 Å². The number of rotatable bonds is 7. The molecule has 7 nitrogen and oxygen atoms in total. The summed E-state index contributed by atoms with van der Waals surface area (Å²) in [5.74, 6) is 0.225. The van der Waals surface area contributed by atoms with Crippen molar-refractivity contribution in [2.24, 2.45) is 5.92 Å². The highest BCUT2D eigenvalue weighted by Gasteiger charge is 2.38. The van der Waals surface area contributed by atoms with Crippen LogP contribution in [-0.2, 0) is 16.6 Å². The van der Waals surface area contributed by atoms with Crippen molar-refractivity contribution in [3.8, 4) is 16.9 Å². The van der Waals surface area contributed by atoms with Crippen molar-refractivity contribution in [3.05, 3.63) is 78.6 Å². The van der Waals surface area contributed by atoms with Crippen LogP contribution in [0.2, 0.25) is 0 Å². The van der Waals surface area contributed by atoms with Crippen molar-refractivity contribution in [2.75, 3.05) is 26.7 Å². The molecule has 0 fully saturated rings. The minimum Gasteiger partial charge on any atom is -0.487 e. The van der Waals surface area contributed by atoms with Gasteiger partial charge in [0.2, 0.25) is 10.0 Å². The molecule has 0 unspecified atom stereocenters. The van der Waals surface area contributed by atoms with Gasteiger partial charge in [-0.3, -0.25) is 9.88 Å². The Bertz CT molecular complexity index is 1220. The summed E-state index contributed by atoms with van der Waals surface area (Å²) in [6.45, 7) is 4.97. The lowest BCUT2D eigenvalue weighted by Crippen LogP contribution is -2.49. The molecular formula is C27H33N3O4S. The molecule has 1 aliphatic heterocycles. The summed E-state index contributed by atoms with van der Waals surface area (Å²) in [6.07, 6.45) is 1.51. The summed E-state index contributed by atoms with van der Waals surface area (Å²) in [4.78, 5) is 6.68. The Morgan fingerprint density at radius 2 is 1.86 bits per heavy atom. The first-order chi connectivity index (χ1) is 16.8. The van der Waals surface area contributed by atoms with Crippen LogP contribution in [0.1, 0.15) is 19.5 Å². The number of ether oxygens (including phenoxy) is 1. The van der Waals surface area contributed by atoms with E-state index in [1.54, 1.807) is 19.2 Å². The van der Waals surface area contributed by atoms with Gasteiger partial charge in [-0.25, -0.2) is 8.42 Å². The molecule has 4 rings (SSSR count). The minimum atomic E-state index is -3.86. The second-order valence-electron chi connectivity index (χ2n) is 9.29. The fourth-order valence-electron chi connectivity index (χ4n) is 4.39. The molecule has 186 valence electrons. The van der Waals surface area contributed by atoms with Gasteiger partial charge in [0, 0.05) is 37.8 Å². The number of aliphatic hydroxyl groups is 1. The number of likely N-dealkylation sites (N-methyl/N-ethyl adjacent to an activating group) is 1. The van der Waals surface area contributed by atoms with Crippen LogP contribution in [0, 0.1) is 5.92 Å². The van der Waals surface area contributed by atoms with Gasteiger partial charge in [0.25, 0.3) is 0 Å². The lowest BCUT2D eigenvalue weighted by molar-refractivity contribution is 0.0731. The first-order valence-corrected chi connectivity index (χ1v) is 13.3. The van der Waals surface area contributed by atoms with Crippen LogP contribution in [0.4, 0.5) is 0 Å². The minimum absolute atomic E-state index is 0.113. The molecule has 0 saturated carbocycles. The number of sulfonamides is 1. The number of fused-ring (bicyclic) bond motifs is 1. The highest BCUT2D eigenvalue weighted by atomic mass is 32.2. The lowest BCUT2D eigenvalue weighted by Gasteiger charge is -2.37. The van der Waals surface area contributed by atoms with Gasteiger partial charge in [0.1, 0.15) is 16.7 Å². The third-order valence-corrected chi connectivity index (χ3v) is 8.44. The zero-order valence-electron chi connectivity index (χ0n) is 20.4. The second kappa shape index (κ2) is 10.9. The van der Waals surface area contributed by atoms with Crippen LogP contribution >= 0.6 is 0 Å². The molecule has 0 spiro atoms. The number of hydrogen-bond donors (Lipinski definition) is 1. The van der Waals surface area contributed by atoms with Gasteiger partial charge in [0.05, 0.1) is 12.3 Å². The number of pyridine rings is 1. The summed E-state index contributed by atoms with van der Waals surface area (Å²) in [5.41, 5.74) is 2.82. The van der Waals surface area contributed by atoms with E-state index in [1.165, 1.54) is 4.31 Å². The number of hydrogen-bond acceptors (Lipinski definition) is 6. The summed E-state index contributed by atoms with van der Waals surface area (Å²) < 4.78 is 35.2. The third-order valence-electron chi connectivity index (χ3n) is 6.42. The lowest BCUT2D eigenvalue weighted by atomic mass is 10.0. The van der Waals surface area contributed by atoms with E-state index in [0.717, 1.165) is 16.8 Å². The third kappa shape index (κ3) is 5.73. The van der Waals surface area contributed by atoms with Gasteiger partial charge < -0.3 is 9.84 Å². The summed E-state index contributed by atoms with van der Waals surface area (Å²) in [6, 6.07) is 20.4. The van der Waals surface area contributed by atoms with Crippen LogP contribution in [0.25, 0.3) is 11.1 Å². The number of aliphatic hydroxyl groups excluding tert-OH is 1. The molecule has 1 aliphatic rings. The molecule has 8 heteroatoms. The highest BCUT2D eigenvalue weighted by molar-refractivity contribution is 7.89. The fraction of sp³-hybridized carbons (Fsp3) is 0.370. The smallest absolute Gasteiger partial charge is 0.247 e. The van der Waals surface area contributed by atoms with Crippen molar-refractivity contribution >= 4 is 10.0 Å². The average Bonchev–Trinajstić information content (AvgIpc) is 2.86. The van der Waals surface area contributed by atoms with E-state index in [9.17, 15) is 13.5 Å². The maximum Gasteiger partial charge on any atom is 0.247 e. The number of benzene rings is 2. The van der Waals surface area contributed by atoms with Crippen molar-refractivity contribution in [3.63, 3.8) is 0 Å². The molecule has 0 radical (unpaired) electrons. The molecule has 35 heavy (non-hydrogen) atoms. The molecule has 0 bridgehead atoms. The molecule has 1 N–H and O–H groups in total. The van der Waals surface area contributed by atoms with E-state index in [4.69, 9.17) is 4.74 Å². The molecule has 0 aliphatic carbocycles. The quantitative estimate of drug-likeness (QED) is 0.539. The Hall–Kier alpha value is -2.78. The Morgan fingerprint density at radius 3 is 2.54 bits per heavy atom. The van der Waals surface area contributed by atoms with Crippen molar-refractivity contribution in [1.29, 1.82) is 0 Å². The molecule has 2 heterocycles. The SMILES string of the molecule is C[C@H](CO)N1C[C@H](C)[C@H](CN(C)Cc2ccccn2)Oc2cc(-c3ccccc3)ccc2S1(=O)=O. The molecule has 1 aromatic heterocycles. The van der Waals surface area contributed by atoms with Gasteiger partial charge in [-0.15, -0.1) is 0 Å². The van der Waals surface area contributed by atoms with Crippen molar-refractivity contribution < 1.29 is 18.3 Å². The van der Waals surface area contributed by atoms with Crippen LogP contribution in [0.3, 0.4) is 0 Å². The van der Waals surface area contributed by atoms with E-state index < -0.39 is 16.1 Å². The van der Waals surface area contributed by atoms with Gasteiger partial charge in [-0.2, -0.15) is 4.31 Å².